The Labute approximate surface area is 89.0 Å². The number of rotatable bonds is 7. The highest BCUT2D eigenvalue weighted by atomic mass is 16.6. The van der Waals surface area contributed by atoms with Crippen molar-refractivity contribution in [2.75, 3.05) is 19.7 Å². The molecule has 15 heavy (non-hydrogen) atoms. The molecule has 0 aromatic carbocycles. The Balaban J connectivity index is 1.92. The molecule has 0 aromatic rings. The summed E-state index contributed by atoms with van der Waals surface area (Å²) in [6.45, 7) is 1.91. The van der Waals surface area contributed by atoms with Gasteiger partial charge in [0.25, 0.3) is 0 Å². The molecule has 0 saturated carbocycles. The number of nitrogens with zero attached hydrogens (tertiary/aromatic N) is 1. The fourth-order valence-electron chi connectivity index (χ4n) is 1.56. The molecule has 1 saturated heterocycles. The van der Waals surface area contributed by atoms with Gasteiger partial charge in [0, 0.05) is 13.0 Å². The van der Waals surface area contributed by atoms with E-state index in [4.69, 9.17) is 9.84 Å². The maximum atomic E-state index is 11.0. The van der Waals surface area contributed by atoms with Crippen molar-refractivity contribution in [2.24, 2.45) is 0 Å². The van der Waals surface area contributed by atoms with Gasteiger partial charge in [-0.05, 0) is 12.8 Å². The number of carboxylic acid groups (broad SMARTS) is 1. The molecule has 5 heteroatoms. The van der Waals surface area contributed by atoms with Gasteiger partial charge in [-0.25, -0.2) is 4.79 Å². The van der Waals surface area contributed by atoms with E-state index in [0.717, 1.165) is 32.2 Å². The third-order valence-electron chi connectivity index (χ3n) is 2.41. The zero-order valence-electron chi connectivity index (χ0n) is 8.78. The SMILES string of the molecule is O=C(O)CCCCCCN1CCOC1=O. The smallest absolute Gasteiger partial charge is 0.409 e. The summed E-state index contributed by atoms with van der Waals surface area (Å²) in [6, 6.07) is 0. The van der Waals surface area contributed by atoms with Gasteiger partial charge in [-0.1, -0.05) is 12.8 Å². The molecule has 1 amide bonds. The molecule has 1 N–H and O–H groups in total. The summed E-state index contributed by atoms with van der Waals surface area (Å²) < 4.78 is 4.78. The van der Waals surface area contributed by atoms with E-state index in [2.05, 4.69) is 0 Å². The Morgan fingerprint density at radius 3 is 2.67 bits per heavy atom. The first-order valence-corrected chi connectivity index (χ1v) is 5.33. The largest absolute Gasteiger partial charge is 0.481 e. The fraction of sp³-hybridized carbons (Fsp3) is 0.800. The zero-order valence-corrected chi connectivity index (χ0v) is 8.78. The minimum absolute atomic E-state index is 0.222. The molecule has 0 radical (unpaired) electrons. The molecule has 1 aliphatic rings. The van der Waals surface area contributed by atoms with E-state index in [0.29, 0.717) is 13.2 Å². The third kappa shape index (κ3) is 4.67. The number of hydrogen-bond donors (Lipinski definition) is 1. The van der Waals surface area contributed by atoms with E-state index in [1.807, 2.05) is 0 Å². The Morgan fingerprint density at radius 2 is 2.07 bits per heavy atom. The average molecular weight is 215 g/mol. The normalized spacial score (nSPS) is 15.5. The maximum absolute atomic E-state index is 11.0. The van der Waals surface area contributed by atoms with Gasteiger partial charge in [-0.3, -0.25) is 4.79 Å². The van der Waals surface area contributed by atoms with Crippen LogP contribution in [0.15, 0.2) is 0 Å². The van der Waals surface area contributed by atoms with Gasteiger partial charge in [0.05, 0.1) is 6.54 Å². The molecule has 0 aromatic heterocycles. The van der Waals surface area contributed by atoms with Crippen molar-refractivity contribution in [2.45, 2.75) is 32.1 Å². The molecule has 5 nitrogen and oxygen atoms in total. The van der Waals surface area contributed by atoms with Crippen LogP contribution in [0.2, 0.25) is 0 Å². The summed E-state index contributed by atoms with van der Waals surface area (Å²) in [5.74, 6) is -0.738. The first kappa shape index (κ1) is 11.8. The molecular weight excluding hydrogens is 198 g/mol. The molecule has 0 spiro atoms. The predicted molar refractivity (Wildman–Crippen MR) is 53.6 cm³/mol. The van der Waals surface area contributed by atoms with Crippen LogP contribution in [-0.2, 0) is 9.53 Å². The number of carboxylic acids is 1. The van der Waals surface area contributed by atoms with Crippen LogP contribution in [0.25, 0.3) is 0 Å². The van der Waals surface area contributed by atoms with Gasteiger partial charge in [-0.2, -0.15) is 0 Å². The quantitative estimate of drug-likeness (QED) is 0.653. The lowest BCUT2D eigenvalue weighted by molar-refractivity contribution is -0.137. The van der Waals surface area contributed by atoms with Gasteiger partial charge < -0.3 is 14.7 Å². The molecule has 1 fully saturated rings. The molecular formula is C10H17NO4. The van der Waals surface area contributed by atoms with Crippen LogP contribution in [0.3, 0.4) is 0 Å². The standard InChI is InChI=1S/C10H17NO4/c12-9(13)5-3-1-2-4-6-11-7-8-15-10(11)14/h1-8H2,(H,12,13). The molecule has 1 heterocycles. The van der Waals surface area contributed by atoms with Crippen molar-refractivity contribution < 1.29 is 19.4 Å². The molecule has 0 aliphatic carbocycles. The molecule has 0 bridgehead atoms. The van der Waals surface area contributed by atoms with E-state index in [1.54, 1.807) is 4.90 Å². The lowest BCUT2D eigenvalue weighted by Crippen LogP contribution is -2.25. The third-order valence-corrected chi connectivity index (χ3v) is 2.41. The number of hydrogen-bond acceptors (Lipinski definition) is 3. The Bertz CT molecular complexity index is 229. The van der Waals surface area contributed by atoms with E-state index in [9.17, 15) is 9.59 Å². The minimum Gasteiger partial charge on any atom is -0.481 e. The van der Waals surface area contributed by atoms with Crippen LogP contribution in [0, 0.1) is 0 Å². The van der Waals surface area contributed by atoms with Crippen molar-refractivity contribution in [1.82, 2.24) is 4.90 Å². The van der Waals surface area contributed by atoms with Crippen LogP contribution < -0.4 is 0 Å². The first-order valence-electron chi connectivity index (χ1n) is 5.33. The fourth-order valence-corrected chi connectivity index (χ4v) is 1.56. The summed E-state index contributed by atoms with van der Waals surface area (Å²) in [4.78, 5) is 22.9. The minimum atomic E-state index is -0.738. The predicted octanol–water partition coefficient (Wildman–Crippen LogP) is 1.47. The number of unbranched alkanes of at least 4 members (excludes halogenated alkanes) is 3. The van der Waals surface area contributed by atoms with E-state index in [-0.39, 0.29) is 12.5 Å². The highest BCUT2D eigenvalue weighted by molar-refractivity contribution is 5.69. The second kappa shape index (κ2) is 6.27. The van der Waals surface area contributed by atoms with Crippen LogP contribution in [-0.4, -0.2) is 41.8 Å². The van der Waals surface area contributed by atoms with Crippen LogP contribution >= 0.6 is 0 Å². The van der Waals surface area contributed by atoms with Gasteiger partial charge in [0.1, 0.15) is 6.61 Å². The number of carbonyl (C=O) groups is 2. The second-order valence-corrected chi connectivity index (χ2v) is 3.66. The number of amides is 1. The summed E-state index contributed by atoms with van der Waals surface area (Å²) >= 11 is 0. The number of carbonyl (C=O) groups excluding carboxylic acids is 1. The van der Waals surface area contributed by atoms with E-state index < -0.39 is 5.97 Å². The highest BCUT2D eigenvalue weighted by Crippen LogP contribution is 2.08. The highest BCUT2D eigenvalue weighted by Gasteiger charge is 2.20. The Hall–Kier alpha value is -1.26. The average Bonchev–Trinajstić information content (AvgIpc) is 2.57. The second-order valence-electron chi connectivity index (χ2n) is 3.66. The lowest BCUT2D eigenvalue weighted by atomic mass is 10.1. The van der Waals surface area contributed by atoms with Crippen LogP contribution in [0.1, 0.15) is 32.1 Å². The van der Waals surface area contributed by atoms with Gasteiger partial charge in [0.15, 0.2) is 0 Å². The van der Waals surface area contributed by atoms with Gasteiger partial charge >= 0.3 is 12.1 Å². The lowest BCUT2D eigenvalue weighted by Gasteiger charge is -2.11. The van der Waals surface area contributed by atoms with Gasteiger partial charge in [0.2, 0.25) is 0 Å². The molecule has 86 valence electrons. The molecule has 1 rings (SSSR count). The maximum Gasteiger partial charge on any atom is 0.409 e. The number of aliphatic carboxylic acids is 1. The van der Waals surface area contributed by atoms with E-state index >= 15 is 0 Å². The van der Waals surface area contributed by atoms with Gasteiger partial charge in [-0.15, -0.1) is 0 Å². The summed E-state index contributed by atoms with van der Waals surface area (Å²) in [6.07, 6.45) is 3.55. The monoisotopic (exact) mass is 215 g/mol. The van der Waals surface area contributed by atoms with Crippen molar-refractivity contribution in [3.63, 3.8) is 0 Å². The van der Waals surface area contributed by atoms with Crippen molar-refractivity contribution in [3.8, 4) is 0 Å². The number of ether oxygens (including phenoxy) is 1. The first-order chi connectivity index (χ1) is 7.20. The van der Waals surface area contributed by atoms with Crippen LogP contribution in [0.4, 0.5) is 4.79 Å². The summed E-state index contributed by atoms with van der Waals surface area (Å²) in [7, 11) is 0. The molecule has 0 atom stereocenters. The zero-order chi connectivity index (χ0) is 11.1. The summed E-state index contributed by atoms with van der Waals surface area (Å²) in [5.41, 5.74) is 0. The molecule has 0 unspecified atom stereocenters. The Morgan fingerprint density at radius 1 is 1.33 bits per heavy atom. The van der Waals surface area contributed by atoms with E-state index in [1.165, 1.54) is 0 Å². The topological polar surface area (TPSA) is 66.8 Å². The Kier molecular flexibility index (Phi) is 4.93. The van der Waals surface area contributed by atoms with Crippen molar-refractivity contribution >= 4 is 12.1 Å². The molecule has 1 aliphatic heterocycles. The van der Waals surface area contributed by atoms with Crippen molar-refractivity contribution in [1.29, 1.82) is 0 Å². The van der Waals surface area contributed by atoms with Crippen molar-refractivity contribution in [3.05, 3.63) is 0 Å². The van der Waals surface area contributed by atoms with Crippen LogP contribution in [0.5, 0.6) is 0 Å². The number of cyclic esters (lactones) is 1. The summed E-state index contributed by atoms with van der Waals surface area (Å²) in [5, 5.41) is 8.41.